The highest BCUT2D eigenvalue weighted by molar-refractivity contribution is 9.10. The lowest BCUT2D eigenvalue weighted by Gasteiger charge is -2.14. The summed E-state index contributed by atoms with van der Waals surface area (Å²) in [5.41, 5.74) is 2.99. The molecule has 0 spiro atoms. The number of thiocarbonyl (C=S) groups is 1. The first-order valence-electron chi connectivity index (χ1n) is 6.72. The number of benzene rings is 2. The van der Waals surface area contributed by atoms with Gasteiger partial charge < -0.3 is 15.5 Å². The van der Waals surface area contributed by atoms with Gasteiger partial charge in [0.15, 0.2) is 5.11 Å². The Balaban J connectivity index is 1.88. The summed E-state index contributed by atoms with van der Waals surface area (Å²) in [6.45, 7) is 0.528. The van der Waals surface area contributed by atoms with Crippen molar-refractivity contribution in [2.24, 2.45) is 0 Å². The van der Waals surface area contributed by atoms with Gasteiger partial charge in [-0.3, -0.25) is 0 Å². The summed E-state index contributed by atoms with van der Waals surface area (Å²) in [5.74, 6) is -0.273. The number of rotatable bonds is 4. The summed E-state index contributed by atoms with van der Waals surface area (Å²) >= 11 is 8.43. The van der Waals surface area contributed by atoms with Crippen LogP contribution in [0.2, 0.25) is 0 Å². The van der Waals surface area contributed by atoms with Crippen molar-refractivity contribution in [3.8, 4) is 0 Å². The second kappa shape index (κ2) is 7.56. The van der Waals surface area contributed by atoms with Crippen molar-refractivity contribution >= 4 is 44.6 Å². The normalized spacial score (nSPS) is 10.2. The van der Waals surface area contributed by atoms with Crippen LogP contribution in [0.5, 0.6) is 0 Å². The van der Waals surface area contributed by atoms with E-state index in [0.29, 0.717) is 16.1 Å². The monoisotopic (exact) mass is 381 g/mol. The molecular weight excluding hydrogens is 365 g/mol. The molecule has 2 rings (SSSR count). The Morgan fingerprint density at radius 1 is 1.18 bits per heavy atom. The fourth-order valence-electron chi connectivity index (χ4n) is 1.85. The van der Waals surface area contributed by atoms with Gasteiger partial charge in [-0.25, -0.2) is 4.39 Å². The molecule has 0 aliphatic rings. The number of hydrogen-bond acceptors (Lipinski definition) is 2. The summed E-state index contributed by atoms with van der Waals surface area (Å²) in [5, 5.41) is 6.74. The van der Waals surface area contributed by atoms with Crippen LogP contribution in [0.15, 0.2) is 46.9 Å². The zero-order valence-corrected chi connectivity index (χ0v) is 14.8. The first-order valence-corrected chi connectivity index (χ1v) is 7.92. The molecule has 116 valence electrons. The third-order valence-electron chi connectivity index (χ3n) is 3.08. The van der Waals surface area contributed by atoms with E-state index in [4.69, 9.17) is 12.2 Å². The first kappa shape index (κ1) is 16.7. The van der Waals surface area contributed by atoms with Gasteiger partial charge in [-0.1, -0.05) is 6.07 Å². The minimum absolute atomic E-state index is 0.273. The molecule has 2 aromatic carbocycles. The lowest BCUT2D eigenvalue weighted by molar-refractivity contribution is 0.620. The minimum Gasteiger partial charge on any atom is -0.378 e. The Morgan fingerprint density at radius 2 is 1.86 bits per heavy atom. The number of nitrogens with one attached hydrogen (secondary N) is 2. The van der Waals surface area contributed by atoms with Gasteiger partial charge in [0.1, 0.15) is 5.82 Å². The van der Waals surface area contributed by atoms with E-state index in [1.807, 2.05) is 43.3 Å². The molecule has 0 unspecified atom stereocenters. The predicted molar refractivity (Wildman–Crippen MR) is 97.9 cm³/mol. The van der Waals surface area contributed by atoms with Crippen molar-refractivity contribution in [3.63, 3.8) is 0 Å². The maximum Gasteiger partial charge on any atom is 0.171 e. The standard InChI is InChI=1S/C16H17BrFN3S/c1-21(2)13-6-4-12(5-7-13)20-16(22)19-10-11-3-8-15(18)14(17)9-11/h3-9H,10H2,1-2H3,(H2,19,20,22). The molecule has 22 heavy (non-hydrogen) atoms. The molecule has 6 heteroatoms. The molecule has 0 aromatic heterocycles. The second-order valence-electron chi connectivity index (χ2n) is 5.00. The van der Waals surface area contributed by atoms with Crippen molar-refractivity contribution in [2.75, 3.05) is 24.3 Å². The van der Waals surface area contributed by atoms with Gasteiger partial charge >= 0.3 is 0 Å². The van der Waals surface area contributed by atoms with Crippen molar-refractivity contribution in [2.45, 2.75) is 6.54 Å². The van der Waals surface area contributed by atoms with Gasteiger partial charge in [0.05, 0.1) is 4.47 Å². The Hall–Kier alpha value is -1.66. The smallest absolute Gasteiger partial charge is 0.171 e. The minimum atomic E-state index is -0.273. The molecular formula is C16H17BrFN3S. The van der Waals surface area contributed by atoms with E-state index >= 15 is 0 Å². The molecule has 0 amide bonds. The maximum atomic E-state index is 13.2. The van der Waals surface area contributed by atoms with Crippen LogP contribution in [-0.4, -0.2) is 19.2 Å². The highest BCUT2D eigenvalue weighted by Crippen LogP contribution is 2.17. The lowest BCUT2D eigenvalue weighted by atomic mass is 10.2. The zero-order chi connectivity index (χ0) is 16.1. The summed E-state index contributed by atoms with van der Waals surface area (Å²) in [6.07, 6.45) is 0. The van der Waals surface area contributed by atoms with Crippen LogP contribution in [0.1, 0.15) is 5.56 Å². The van der Waals surface area contributed by atoms with Crippen LogP contribution in [0.4, 0.5) is 15.8 Å². The van der Waals surface area contributed by atoms with E-state index in [2.05, 4.69) is 26.6 Å². The molecule has 3 nitrogen and oxygen atoms in total. The topological polar surface area (TPSA) is 27.3 Å². The SMILES string of the molecule is CN(C)c1ccc(NC(=S)NCc2ccc(F)c(Br)c2)cc1. The molecule has 2 N–H and O–H groups in total. The van der Waals surface area contributed by atoms with Gasteiger partial charge in [-0.05, 0) is 70.1 Å². The predicted octanol–water partition coefficient (Wildman–Crippen LogP) is 4.14. The average Bonchev–Trinajstić information content (AvgIpc) is 2.49. The van der Waals surface area contributed by atoms with Crippen molar-refractivity contribution in [1.82, 2.24) is 5.32 Å². The van der Waals surface area contributed by atoms with Gasteiger partial charge in [0, 0.05) is 32.0 Å². The van der Waals surface area contributed by atoms with E-state index in [1.54, 1.807) is 12.1 Å². The second-order valence-corrected chi connectivity index (χ2v) is 6.26. The Morgan fingerprint density at radius 3 is 2.45 bits per heavy atom. The third-order valence-corrected chi connectivity index (χ3v) is 3.93. The number of anilines is 2. The van der Waals surface area contributed by atoms with E-state index in [9.17, 15) is 4.39 Å². The van der Waals surface area contributed by atoms with E-state index in [1.165, 1.54) is 6.07 Å². The Kier molecular flexibility index (Phi) is 5.74. The van der Waals surface area contributed by atoms with Crippen LogP contribution in [0.3, 0.4) is 0 Å². The molecule has 0 atom stereocenters. The lowest BCUT2D eigenvalue weighted by Crippen LogP contribution is -2.27. The Labute approximate surface area is 143 Å². The first-order chi connectivity index (χ1) is 10.5. The van der Waals surface area contributed by atoms with Crippen LogP contribution < -0.4 is 15.5 Å². The van der Waals surface area contributed by atoms with Gasteiger partial charge in [-0.2, -0.15) is 0 Å². The molecule has 0 heterocycles. The third kappa shape index (κ3) is 4.68. The molecule has 0 aliphatic carbocycles. The fourth-order valence-corrected chi connectivity index (χ4v) is 2.47. The van der Waals surface area contributed by atoms with Crippen molar-refractivity contribution < 1.29 is 4.39 Å². The van der Waals surface area contributed by atoms with Crippen LogP contribution in [0.25, 0.3) is 0 Å². The summed E-state index contributed by atoms with van der Waals surface area (Å²) in [7, 11) is 3.99. The molecule has 0 bridgehead atoms. The highest BCUT2D eigenvalue weighted by atomic mass is 79.9. The van der Waals surface area contributed by atoms with E-state index in [0.717, 1.165) is 16.9 Å². The molecule has 0 fully saturated rings. The molecule has 2 aromatic rings. The number of halogens is 2. The highest BCUT2D eigenvalue weighted by Gasteiger charge is 2.02. The maximum absolute atomic E-state index is 13.2. The molecule has 0 saturated heterocycles. The molecule has 0 saturated carbocycles. The summed E-state index contributed by atoms with van der Waals surface area (Å²) in [6, 6.07) is 12.9. The number of nitrogens with zero attached hydrogens (tertiary/aromatic N) is 1. The molecule has 0 aliphatic heterocycles. The van der Waals surface area contributed by atoms with E-state index in [-0.39, 0.29) is 5.82 Å². The number of hydrogen-bond donors (Lipinski definition) is 2. The van der Waals surface area contributed by atoms with Gasteiger partial charge in [0.2, 0.25) is 0 Å². The van der Waals surface area contributed by atoms with Crippen molar-refractivity contribution in [3.05, 3.63) is 58.3 Å². The van der Waals surface area contributed by atoms with Gasteiger partial charge in [-0.15, -0.1) is 0 Å². The van der Waals surface area contributed by atoms with Crippen molar-refractivity contribution in [1.29, 1.82) is 0 Å². The molecule has 0 radical (unpaired) electrons. The van der Waals surface area contributed by atoms with Crippen LogP contribution in [-0.2, 0) is 6.54 Å². The van der Waals surface area contributed by atoms with Crippen LogP contribution >= 0.6 is 28.1 Å². The largest absolute Gasteiger partial charge is 0.378 e. The Bertz CT molecular complexity index is 659. The summed E-state index contributed by atoms with van der Waals surface area (Å²) < 4.78 is 13.6. The quantitative estimate of drug-likeness (QED) is 0.778. The van der Waals surface area contributed by atoms with Gasteiger partial charge in [0.25, 0.3) is 0 Å². The van der Waals surface area contributed by atoms with E-state index < -0.39 is 0 Å². The fraction of sp³-hybridized carbons (Fsp3) is 0.188. The average molecular weight is 382 g/mol. The summed E-state index contributed by atoms with van der Waals surface area (Å²) in [4.78, 5) is 2.03. The zero-order valence-electron chi connectivity index (χ0n) is 12.4. The van der Waals surface area contributed by atoms with Crippen LogP contribution in [0, 0.1) is 5.82 Å².